The van der Waals surface area contributed by atoms with Crippen LogP contribution in [-0.4, -0.2) is 45.2 Å². The summed E-state index contributed by atoms with van der Waals surface area (Å²) in [5.41, 5.74) is 1.36. The van der Waals surface area contributed by atoms with Gasteiger partial charge in [0.1, 0.15) is 5.76 Å². The van der Waals surface area contributed by atoms with Crippen LogP contribution in [0, 0.1) is 0 Å². The second-order valence-electron chi connectivity index (χ2n) is 4.77. The van der Waals surface area contributed by atoms with Gasteiger partial charge in [-0.1, -0.05) is 33.9 Å². The van der Waals surface area contributed by atoms with Gasteiger partial charge >= 0.3 is 0 Å². The molecule has 0 fully saturated rings. The smallest absolute Gasteiger partial charge is 0.100 e. The number of hydrogen-bond acceptors (Lipinski definition) is 3. The number of allylic oxidation sites excluding steroid dienone is 2. The number of rotatable bonds is 9. The first kappa shape index (κ1) is 21.5. The Morgan fingerprint density at radius 2 is 2.10 bits per heavy atom. The lowest BCUT2D eigenvalue weighted by Gasteiger charge is -2.23. The van der Waals surface area contributed by atoms with Crippen molar-refractivity contribution in [3.05, 3.63) is 23.5 Å². The van der Waals surface area contributed by atoms with E-state index < -0.39 is 0 Å². The molecule has 0 aromatic carbocycles. The van der Waals surface area contributed by atoms with E-state index in [2.05, 4.69) is 29.3 Å². The van der Waals surface area contributed by atoms with Gasteiger partial charge in [0.05, 0.1) is 7.11 Å². The summed E-state index contributed by atoms with van der Waals surface area (Å²) in [4.78, 5) is 2.50. The number of nitrogens with one attached hydrogen (secondary N) is 1. The van der Waals surface area contributed by atoms with Crippen molar-refractivity contribution in [2.45, 2.75) is 47.5 Å². The zero-order chi connectivity index (χ0) is 13.2. The molecule has 0 saturated carbocycles. The summed E-state index contributed by atoms with van der Waals surface area (Å²) in [6, 6.07) is 0. The quantitative estimate of drug-likeness (QED) is 0.646. The van der Waals surface area contributed by atoms with Gasteiger partial charge in [-0.2, -0.15) is 0 Å². The minimum absolute atomic E-state index is 0. The fraction of sp³-hybridized carbons (Fsp3) is 0.765. The lowest BCUT2D eigenvalue weighted by Crippen LogP contribution is -2.28. The molecule has 0 spiro atoms. The van der Waals surface area contributed by atoms with Gasteiger partial charge in [0.25, 0.3) is 0 Å². The molecule has 0 heterocycles. The molecule has 0 bridgehead atoms. The average molecular weight is 287 g/mol. The van der Waals surface area contributed by atoms with E-state index in [-0.39, 0.29) is 16.3 Å². The second kappa shape index (κ2) is 13.2. The van der Waals surface area contributed by atoms with E-state index in [4.69, 9.17) is 4.74 Å². The third kappa shape index (κ3) is 7.71. The molecule has 0 aromatic heterocycles. The van der Waals surface area contributed by atoms with Gasteiger partial charge in [-0.3, -0.25) is 4.90 Å². The van der Waals surface area contributed by atoms with Crippen LogP contribution in [0.4, 0.5) is 0 Å². The summed E-state index contributed by atoms with van der Waals surface area (Å²) in [6.45, 7) is 6.65. The molecule has 1 aliphatic rings. The summed E-state index contributed by atoms with van der Waals surface area (Å²) < 4.78 is 5.48. The molecule has 0 saturated heterocycles. The third-order valence-corrected chi connectivity index (χ3v) is 3.45. The van der Waals surface area contributed by atoms with Crippen LogP contribution in [0.25, 0.3) is 0 Å². The van der Waals surface area contributed by atoms with Crippen molar-refractivity contribution in [2.24, 2.45) is 0 Å². The maximum Gasteiger partial charge on any atom is 0.100 e. The lowest BCUT2D eigenvalue weighted by atomic mass is 10.0. The first-order valence-corrected chi connectivity index (χ1v) is 7.11. The standard InChI is InChI=1S/C15H28N2O.2CH4.H2/c1-4-17(12-8-7-11-16-2)13-14-9-5-6-10-15(14)18-3;;;/h5,9,16H,4,6-8,10-13H2,1-3H3;2*1H4;1H. The van der Waals surface area contributed by atoms with Gasteiger partial charge in [-0.05, 0) is 45.9 Å². The molecule has 0 amide bonds. The molecule has 1 N–H and O–H groups in total. The number of unbranched alkanes of at least 4 members (excludes halogenated alkanes) is 1. The number of ether oxygens (including phenoxy) is 1. The summed E-state index contributed by atoms with van der Waals surface area (Å²) in [6.07, 6.45) is 9.17. The summed E-state index contributed by atoms with van der Waals surface area (Å²) >= 11 is 0. The highest BCUT2D eigenvalue weighted by atomic mass is 16.5. The zero-order valence-electron chi connectivity index (χ0n) is 12.2. The monoisotopic (exact) mass is 286 g/mol. The van der Waals surface area contributed by atoms with E-state index in [0.29, 0.717) is 0 Å². The van der Waals surface area contributed by atoms with Crippen LogP contribution in [0.1, 0.15) is 48.9 Å². The first-order chi connectivity index (χ1) is 8.81. The molecule has 0 atom stereocenters. The summed E-state index contributed by atoms with van der Waals surface area (Å²) in [5.74, 6) is 1.17. The maximum absolute atomic E-state index is 5.48. The van der Waals surface area contributed by atoms with E-state index in [1.807, 2.05) is 7.05 Å². The van der Waals surface area contributed by atoms with Crippen LogP contribution in [-0.2, 0) is 4.74 Å². The molecular weight excluding hydrogens is 248 g/mol. The SMILES string of the molecule is C.C.CCN(CCCCNC)CC1=C(OC)CCC=C1.[HH]. The minimum Gasteiger partial charge on any atom is -0.501 e. The Kier molecular flexibility index (Phi) is 14.2. The van der Waals surface area contributed by atoms with Crippen LogP contribution >= 0.6 is 0 Å². The molecule has 20 heavy (non-hydrogen) atoms. The molecule has 0 aromatic rings. The van der Waals surface area contributed by atoms with Crippen LogP contribution < -0.4 is 5.32 Å². The Bertz CT molecular complexity index is 291. The van der Waals surface area contributed by atoms with E-state index in [1.54, 1.807) is 7.11 Å². The van der Waals surface area contributed by atoms with E-state index in [0.717, 1.165) is 32.5 Å². The van der Waals surface area contributed by atoms with Crippen molar-refractivity contribution in [1.29, 1.82) is 0 Å². The van der Waals surface area contributed by atoms with Gasteiger partial charge in [0.2, 0.25) is 0 Å². The molecule has 0 aliphatic heterocycles. The minimum atomic E-state index is 0. The van der Waals surface area contributed by atoms with Crippen molar-refractivity contribution >= 4 is 0 Å². The predicted molar refractivity (Wildman–Crippen MR) is 93.3 cm³/mol. The highest BCUT2D eigenvalue weighted by Crippen LogP contribution is 2.20. The topological polar surface area (TPSA) is 24.5 Å². The number of nitrogens with zero attached hydrogens (tertiary/aromatic N) is 1. The lowest BCUT2D eigenvalue weighted by molar-refractivity contribution is 0.257. The van der Waals surface area contributed by atoms with Crippen LogP contribution in [0.5, 0.6) is 0 Å². The van der Waals surface area contributed by atoms with Gasteiger partial charge in [-0.25, -0.2) is 0 Å². The molecule has 0 radical (unpaired) electrons. The Morgan fingerprint density at radius 3 is 2.70 bits per heavy atom. The highest BCUT2D eigenvalue weighted by Gasteiger charge is 2.12. The van der Waals surface area contributed by atoms with E-state index in [9.17, 15) is 0 Å². The molecule has 3 heteroatoms. The number of methoxy groups -OCH3 is 1. The highest BCUT2D eigenvalue weighted by molar-refractivity contribution is 5.27. The molecular formula is C17H38N2O. The first-order valence-electron chi connectivity index (χ1n) is 7.11. The van der Waals surface area contributed by atoms with Crippen molar-refractivity contribution < 1.29 is 6.16 Å². The average Bonchev–Trinajstić information content (AvgIpc) is 2.42. The van der Waals surface area contributed by atoms with Crippen molar-refractivity contribution in [2.75, 3.05) is 40.3 Å². The van der Waals surface area contributed by atoms with E-state index >= 15 is 0 Å². The van der Waals surface area contributed by atoms with Crippen molar-refractivity contribution in [1.82, 2.24) is 10.2 Å². The van der Waals surface area contributed by atoms with Crippen LogP contribution in [0.2, 0.25) is 0 Å². The second-order valence-corrected chi connectivity index (χ2v) is 4.77. The van der Waals surface area contributed by atoms with Gasteiger partial charge in [-0.15, -0.1) is 0 Å². The Balaban J connectivity index is -0.00000108. The van der Waals surface area contributed by atoms with Gasteiger partial charge in [0.15, 0.2) is 0 Å². The van der Waals surface area contributed by atoms with Crippen molar-refractivity contribution in [3.63, 3.8) is 0 Å². The Labute approximate surface area is 128 Å². The molecule has 0 unspecified atom stereocenters. The normalized spacial score (nSPS) is 14.0. The molecule has 1 aliphatic carbocycles. The molecule has 122 valence electrons. The van der Waals surface area contributed by atoms with Crippen molar-refractivity contribution in [3.8, 4) is 0 Å². The number of likely N-dealkylation sites (N-methyl/N-ethyl adjacent to an activating group) is 1. The maximum atomic E-state index is 5.48. The zero-order valence-corrected chi connectivity index (χ0v) is 12.2. The molecule has 3 nitrogen and oxygen atoms in total. The summed E-state index contributed by atoms with van der Waals surface area (Å²) in [7, 11) is 3.80. The largest absolute Gasteiger partial charge is 0.501 e. The van der Waals surface area contributed by atoms with Gasteiger partial charge in [0, 0.05) is 20.0 Å². The fourth-order valence-corrected chi connectivity index (χ4v) is 2.29. The Hall–Kier alpha value is -0.800. The summed E-state index contributed by atoms with van der Waals surface area (Å²) in [5, 5.41) is 3.20. The fourth-order valence-electron chi connectivity index (χ4n) is 2.29. The number of hydrogen-bond donors (Lipinski definition) is 1. The van der Waals surface area contributed by atoms with Crippen LogP contribution in [0.15, 0.2) is 23.5 Å². The Morgan fingerprint density at radius 1 is 1.35 bits per heavy atom. The third-order valence-electron chi connectivity index (χ3n) is 3.45. The van der Waals surface area contributed by atoms with Gasteiger partial charge < -0.3 is 10.1 Å². The predicted octanol–water partition coefficient (Wildman–Crippen LogP) is 4.08. The molecule has 1 rings (SSSR count). The van der Waals surface area contributed by atoms with Crippen LogP contribution in [0.3, 0.4) is 0 Å². The van der Waals surface area contributed by atoms with E-state index in [1.165, 1.54) is 30.7 Å².